The molecule has 2 rings (SSSR count). The SMILES string of the molecule is CC1CCCN(C(C)c2cc(O)cc(O)c2)C1. The van der Waals surface area contributed by atoms with Crippen molar-refractivity contribution >= 4 is 0 Å². The van der Waals surface area contributed by atoms with Crippen LogP contribution in [0.3, 0.4) is 0 Å². The first kappa shape index (κ1) is 12.2. The zero-order chi connectivity index (χ0) is 12.4. The van der Waals surface area contributed by atoms with E-state index in [1.54, 1.807) is 12.1 Å². The number of piperidine rings is 1. The van der Waals surface area contributed by atoms with E-state index in [9.17, 15) is 10.2 Å². The Hall–Kier alpha value is -1.22. The smallest absolute Gasteiger partial charge is 0.119 e. The van der Waals surface area contributed by atoms with Crippen LogP contribution in [-0.2, 0) is 0 Å². The summed E-state index contributed by atoms with van der Waals surface area (Å²) in [6, 6.07) is 5.10. The van der Waals surface area contributed by atoms with Gasteiger partial charge in [-0.05, 0) is 49.9 Å². The maximum Gasteiger partial charge on any atom is 0.119 e. The molecule has 2 atom stereocenters. The molecule has 3 heteroatoms. The van der Waals surface area contributed by atoms with Gasteiger partial charge in [0.15, 0.2) is 0 Å². The molecule has 17 heavy (non-hydrogen) atoms. The highest BCUT2D eigenvalue weighted by atomic mass is 16.3. The van der Waals surface area contributed by atoms with Gasteiger partial charge in [-0.2, -0.15) is 0 Å². The number of benzene rings is 1. The first-order valence-corrected chi connectivity index (χ1v) is 6.33. The van der Waals surface area contributed by atoms with Gasteiger partial charge in [-0.25, -0.2) is 0 Å². The van der Waals surface area contributed by atoms with Gasteiger partial charge in [0.2, 0.25) is 0 Å². The number of hydrogen-bond donors (Lipinski definition) is 2. The third kappa shape index (κ3) is 2.91. The second-order valence-electron chi connectivity index (χ2n) is 5.20. The van der Waals surface area contributed by atoms with E-state index in [4.69, 9.17) is 0 Å². The third-order valence-electron chi connectivity index (χ3n) is 3.64. The van der Waals surface area contributed by atoms with Crippen LogP contribution in [0.2, 0.25) is 0 Å². The number of phenols is 2. The number of nitrogens with zero attached hydrogens (tertiary/aromatic N) is 1. The van der Waals surface area contributed by atoms with Crippen LogP contribution in [0.5, 0.6) is 11.5 Å². The first-order valence-electron chi connectivity index (χ1n) is 6.33. The van der Waals surface area contributed by atoms with Crippen LogP contribution in [-0.4, -0.2) is 28.2 Å². The molecular formula is C14H21NO2. The summed E-state index contributed by atoms with van der Waals surface area (Å²) in [4.78, 5) is 2.42. The predicted molar refractivity (Wildman–Crippen MR) is 68.2 cm³/mol. The van der Waals surface area contributed by atoms with Crippen LogP contribution in [0.1, 0.15) is 38.3 Å². The summed E-state index contributed by atoms with van der Waals surface area (Å²) in [7, 11) is 0. The molecule has 0 aromatic heterocycles. The Bertz CT molecular complexity index is 372. The highest BCUT2D eigenvalue weighted by Gasteiger charge is 2.22. The van der Waals surface area contributed by atoms with Crippen LogP contribution < -0.4 is 0 Å². The highest BCUT2D eigenvalue weighted by Crippen LogP contribution is 2.30. The molecule has 1 heterocycles. The molecule has 1 aliphatic heterocycles. The number of hydrogen-bond acceptors (Lipinski definition) is 3. The van der Waals surface area contributed by atoms with E-state index >= 15 is 0 Å². The van der Waals surface area contributed by atoms with Crippen LogP contribution in [0.15, 0.2) is 18.2 Å². The zero-order valence-electron chi connectivity index (χ0n) is 10.6. The summed E-state index contributed by atoms with van der Waals surface area (Å²) < 4.78 is 0. The van der Waals surface area contributed by atoms with E-state index in [0.29, 0.717) is 0 Å². The van der Waals surface area contributed by atoms with Gasteiger partial charge in [0, 0.05) is 18.7 Å². The Labute approximate surface area is 103 Å². The van der Waals surface area contributed by atoms with Crippen molar-refractivity contribution in [2.24, 2.45) is 5.92 Å². The highest BCUT2D eigenvalue weighted by molar-refractivity contribution is 5.38. The quantitative estimate of drug-likeness (QED) is 0.828. The Morgan fingerprint density at radius 3 is 2.47 bits per heavy atom. The molecule has 1 saturated heterocycles. The Morgan fingerprint density at radius 1 is 1.24 bits per heavy atom. The van der Waals surface area contributed by atoms with Gasteiger partial charge < -0.3 is 10.2 Å². The average Bonchev–Trinajstić information content (AvgIpc) is 2.26. The van der Waals surface area contributed by atoms with Crippen molar-refractivity contribution in [3.8, 4) is 11.5 Å². The molecule has 0 saturated carbocycles. The van der Waals surface area contributed by atoms with Crippen LogP contribution in [0.25, 0.3) is 0 Å². The zero-order valence-corrected chi connectivity index (χ0v) is 10.6. The molecule has 1 aromatic carbocycles. The van der Waals surface area contributed by atoms with Crippen molar-refractivity contribution in [1.29, 1.82) is 0 Å². The molecular weight excluding hydrogens is 214 g/mol. The van der Waals surface area contributed by atoms with Crippen molar-refractivity contribution in [3.05, 3.63) is 23.8 Å². The molecule has 1 aromatic rings. The van der Waals surface area contributed by atoms with Crippen LogP contribution in [0.4, 0.5) is 0 Å². The van der Waals surface area contributed by atoms with E-state index in [1.807, 2.05) is 0 Å². The summed E-state index contributed by atoms with van der Waals surface area (Å²) in [5, 5.41) is 19.0. The van der Waals surface area contributed by atoms with Gasteiger partial charge in [0.1, 0.15) is 11.5 Å². The molecule has 0 spiro atoms. The maximum atomic E-state index is 9.51. The van der Waals surface area contributed by atoms with Crippen molar-refractivity contribution < 1.29 is 10.2 Å². The second kappa shape index (κ2) is 4.96. The number of likely N-dealkylation sites (tertiary alicyclic amines) is 1. The summed E-state index contributed by atoms with van der Waals surface area (Å²) in [6.07, 6.45) is 2.53. The van der Waals surface area contributed by atoms with Crippen LogP contribution in [0, 0.1) is 5.92 Å². The lowest BCUT2D eigenvalue weighted by molar-refractivity contribution is 0.138. The predicted octanol–water partition coefficient (Wildman–Crippen LogP) is 2.89. The Kier molecular flexibility index (Phi) is 3.57. The summed E-state index contributed by atoms with van der Waals surface area (Å²) >= 11 is 0. The number of rotatable bonds is 2. The van der Waals surface area contributed by atoms with Crippen molar-refractivity contribution in [1.82, 2.24) is 4.90 Å². The molecule has 2 unspecified atom stereocenters. The first-order chi connectivity index (χ1) is 8.06. The van der Waals surface area contributed by atoms with Gasteiger partial charge in [0.05, 0.1) is 0 Å². The van der Waals surface area contributed by atoms with E-state index in [0.717, 1.165) is 24.6 Å². The van der Waals surface area contributed by atoms with Crippen molar-refractivity contribution in [3.63, 3.8) is 0 Å². The molecule has 94 valence electrons. The summed E-state index contributed by atoms with van der Waals surface area (Å²) in [5.41, 5.74) is 0.983. The topological polar surface area (TPSA) is 43.7 Å². The largest absolute Gasteiger partial charge is 0.508 e. The van der Waals surface area contributed by atoms with E-state index in [-0.39, 0.29) is 17.5 Å². The van der Waals surface area contributed by atoms with Gasteiger partial charge in [-0.15, -0.1) is 0 Å². The second-order valence-corrected chi connectivity index (χ2v) is 5.20. The summed E-state index contributed by atoms with van der Waals surface area (Å²) in [5.74, 6) is 1.01. The lowest BCUT2D eigenvalue weighted by Gasteiger charge is -2.35. The third-order valence-corrected chi connectivity index (χ3v) is 3.64. The molecule has 0 bridgehead atoms. The Balaban J connectivity index is 2.15. The summed E-state index contributed by atoms with van der Waals surface area (Å²) in [6.45, 7) is 6.60. The maximum absolute atomic E-state index is 9.51. The minimum atomic E-state index is 0.136. The molecule has 0 radical (unpaired) electrons. The Morgan fingerprint density at radius 2 is 1.88 bits per heavy atom. The molecule has 3 nitrogen and oxygen atoms in total. The van der Waals surface area contributed by atoms with Gasteiger partial charge >= 0.3 is 0 Å². The molecule has 0 aliphatic carbocycles. The van der Waals surface area contributed by atoms with Crippen molar-refractivity contribution in [2.75, 3.05) is 13.1 Å². The number of aromatic hydroxyl groups is 2. The molecule has 0 amide bonds. The lowest BCUT2D eigenvalue weighted by atomic mass is 9.97. The fourth-order valence-electron chi connectivity index (χ4n) is 2.65. The van der Waals surface area contributed by atoms with E-state index in [1.165, 1.54) is 18.9 Å². The number of phenolic OH excluding ortho intramolecular Hbond substituents is 2. The minimum Gasteiger partial charge on any atom is -0.508 e. The van der Waals surface area contributed by atoms with E-state index < -0.39 is 0 Å². The van der Waals surface area contributed by atoms with E-state index in [2.05, 4.69) is 18.7 Å². The monoisotopic (exact) mass is 235 g/mol. The van der Waals surface area contributed by atoms with Crippen molar-refractivity contribution in [2.45, 2.75) is 32.7 Å². The lowest BCUT2D eigenvalue weighted by Crippen LogP contribution is -2.36. The normalized spacial score (nSPS) is 23.5. The standard InChI is InChI=1S/C14H21NO2/c1-10-4-3-5-15(9-10)11(2)12-6-13(16)8-14(17)7-12/h6-8,10-11,16-17H,3-5,9H2,1-2H3. The fourth-order valence-corrected chi connectivity index (χ4v) is 2.65. The van der Waals surface area contributed by atoms with Gasteiger partial charge in [-0.1, -0.05) is 6.92 Å². The molecule has 1 fully saturated rings. The molecule has 2 N–H and O–H groups in total. The molecule has 1 aliphatic rings. The van der Waals surface area contributed by atoms with Gasteiger partial charge in [-0.3, -0.25) is 4.90 Å². The fraction of sp³-hybridized carbons (Fsp3) is 0.571. The van der Waals surface area contributed by atoms with Crippen LogP contribution >= 0.6 is 0 Å². The average molecular weight is 235 g/mol. The van der Waals surface area contributed by atoms with Gasteiger partial charge in [0.25, 0.3) is 0 Å². The minimum absolute atomic E-state index is 0.136.